The summed E-state index contributed by atoms with van der Waals surface area (Å²) in [7, 11) is 0. The van der Waals surface area contributed by atoms with Crippen molar-refractivity contribution in [3.8, 4) is 0 Å². The van der Waals surface area contributed by atoms with Crippen molar-refractivity contribution in [1.82, 2.24) is 0 Å². The van der Waals surface area contributed by atoms with Gasteiger partial charge in [-0.05, 0) is 41.7 Å². The number of allylic oxidation sites excluding steroid dienone is 1. The Morgan fingerprint density at radius 2 is 1.74 bits per heavy atom. The molecule has 2 aromatic carbocycles. The molecule has 2 aromatic rings. The zero-order chi connectivity index (χ0) is 22.6. The number of anilines is 2. The molecular weight excluding hydrogens is 429 g/mol. The maximum absolute atomic E-state index is 13.7. The van der Waals surface area contributed by atoms with Crippen molar-refractivity contribution in [3.63, 3.8) is 0 Å². The number of Topliss-reactive ketones (excluding diaryl/α,β-unsaturated/α-hetero) is 1. The van der Waals surface area contributed by atoms with Gasteiger partial charge in [-0.1, -0.05) is 49.7 Å². The number of para-hydroxylation sites is 2. The van der Waals surface area contributed by atoms with Gasteiger partial charge < -0.3 is 5.32 Å². The number of ketones is 1. The van der Waals surface area contributed by atoms with Gasteiger partial charge in [0, 0.05) is 22.7 Å². The van der Waals surface area contributed by atoms with E-state index >= 15 is 0 Å². The molecule has 0 unspecified atom stereocenters. The molecule has 0 bridgehead atoms. The fourth-order valence-electron chi connectivity index (χ4n) is 4.31. The molecule has 0 aromatic heterocycles. The molecule has 4 rings (SSSR count). The smallest absolute Gasteiger partial charge is 0.357 e. The summed E-state index contributed by atoms with van der Waals surface area (Å²) < 4.78 is 41.2. The molecule has 8 heteroatoms. The fourth-order valence-corrected chi connectivity index (χ4v) is 4.43. The van der Waals surface area contributed by atoms with E-state index in [1.54, 1.807) is 30.3 Å². The number of hydrogen-bond acceptors (Lipinski definition) is 3. The van der Waals surface area contributed by atoms with Crippen LogP contribution in [-0.2, 0) is 9.59 Å². The van der Waals surface area contributed by atoms with Gasteiger partial charge >= 0.3 is 12.1 Å². The van der Waals surface area contributed by atoms with Gasteiger partial charge in [0.15, 0.2) is 5.78 Å². The van der Waals surface area contributed by atoms with E-state index in [4.69, 9.17) is 11.6 Å². The average Bonchev–Trinajstić information content (AvgIpc) is 2.80. The van der Waals surface area contributed by atoms with Crippen LogP contribution in [0.2, 0.25) is 5.02 Å². The second kappa shape index (κ2) is 7.41. The summed E-state index contributed by atoms with van der Waals surface area (Å²) in [5, 5.41) is 3.56. The number of carbonyl (C=O) groups is 2. The summed E-state index contributed by atoms with van der Waals surface area (Å²) in [4.78, 5) is 26.7. The van der Waals surface area contributed by atoms with Crippen LogP contribution >= 0.6 is 11.6 Å². The molecule has 1 amide bonds. The molecule has 0 spiro atoms. The lowest BCUT2D eigenvalue weighted by atomic mass is 9.73. The van der Waals surface area contributed by atoms with Gasteiger partial charge in [0.25, 0.3) is 0 Å². The van der Waals surface area contributed by atoms with Crippen molar-refractivity contribution in [2.45, 2.75) is 38.9 Å². The minimum atomic E-state index is -5.13. The Bertz CT molecular complexity index is 1090. The number of nitrogens with one attached hydrogen (secondary N) is 1. The van der Waals surface area contributed by atoms with Crippen LogP contribution in [0.25, 0.3) is 0 Å². The Morgan fingerprint density at radius 3 is 2.39 bits per heavy atom. The summed E-state index contributed by atoms with van der Waals surface area (Å²) in [6, 6.07) is 11.2. The number of hydrogen-bond donors (Lipinski definition) is 1. The van der Waals surface area contributed by atoms with Crippen molar-refractivity contribution in [1.29, 1.82) is 0 Å². The molecule has 0 fully saturated rings. The topological polar surface area (TPSA) is 49.4 Å². The van der Waals surface area contributed by atoms with Crippen molar-refractivity contribution < 1.29 is 22.8 Å². The van der Waals surface area contributed by atoms with Gasteiger partial charge in [0.2, 0.25) is 0 Å². The van der Waals surface area contributed by atoms with E-state index in [1.165, 1.54) is 18.2 Å². The van der Waals surface area contributed by atoms with Crippen LogP contribution in [-0.4, -0.2) is 17.9 Å². The summed E-state index contributed by atoms with van der Waals surface area (Å²) in [6.07, 6.45) is -4.50. The first-order valence-electron chi connectivity index (χ1n) is 9.76. The molecule has 1 N–H and O–H groups in total. The van der Waals surface area contributed by atoms with Gasteiger partial charge in [-0.25, -0.2) is 0 Å². The lowest BCUT2D eigenvalue weighted by Crippen LogP contribution is -2.45. The van der Waals surface area contributed by atoms with Crippen LogP contribution in [0.1, 0.15) is 38.3 Å². The number of nitrogens with zero attached hydrogens (tertiary/aromatic N) is 1. The van der Waals surface area contributed by atoms with Gasteiger partial charge in [0.05, 0.1) is 17.4 Å². The van der Waals surface area contributed by atoms with Crippen molar-refractivity contribution in [3.05, 3.63) is 70.4 Å². The van der Waals surface area contributed by atoms with Gasteiger partial charge in [-0.15, -0.1) is 0 Å². The lowest BCUT2D eigenvalue weighted by molar-refractivity contribution is -0.170. The predicted molar refractivity (Wildman–Crippen MR) is 113 cm³/mol. The Balaban J connectivity index is 2.03. The number of rotatable bonds is 1. The van der Waals surface area contributed by atoms with E-state index in [9.17, 15) is 22.8 Å². The van der Waals surface area contributed by atoms with E-state index < -0.39 is 18.1 Å². The van der Waals surface area contributed by atoms with Gasteiger partial charge in [-0.3, -0.25) is 14.5 Å². The monoisotopic (exact) mass is 448 g/mol. The standard InChI is InChI=1S/C23H20ClF3N2O2/c1-22(2)11-16-19(18(30)12-22)20(13-7-9-14(24)10-8-13)29(21(31)23(25,26)27)17-6-4-3-5-15(17)28-16/h3-10,20,28H,11-12H2,1-2H3/t20-/m0/s1. The molecule has 0 saturated carbocycles. The second-order valence-corrected chi connectivity index (χ2v) is 9.04. The van der Waals surface area contributed by atoms with Crippen LogP contribution in [0.5, 0.6) is 0 Å². The molecule has 0 radical (unpaired) electrons. The molecule has 162 valence electrons. The van der Waals surface area contributed by atoms with Gasteiger partial charge in [0.1, 0.15) is 0 Å². The molecule has 1 heterocycles. The van der Waals surface area contributed by atoms with Crippen LogP contribution in [0.4, 0.5) is 24.5 Å². The number of carbonyl (C=O) groups excluding carboxylic acids is 2. The zero-order valence-electron chi connectivity index (χ0n) is 16.9. The molecule has 2 aliphatic rings. The average molecular weight is 449 g/mol. The fraction of sp³-hybridized carbons (Fsp3) is 0.304. The highest BCUT2D eigenvalue weighted by atomic mass is 35.5. The maximum atomic E-state index is 13.7. The Hall–Kier alpha value is -2.80. The quantitative estimate of drug-likeness (QED) is 0.578. The maximum Gasteiger partial charge on any atom is 0.471 e. The summed E-state index contributed by atoms with van der Waals surface area (Å²) in [5.41, 5.74) is 1.12. The van der Waals surface area contributed by atoms with Crippen molar-refractivity contribution >= 4 is 34.7 Å². The van der Waals surface area contributed by atoms with Crippen molar-refractivity contribution in [2.24, 2.45) is 5.41 Å². The predicted octanol–water partition coefficient (Wildman–Crippen LogP) is 6.05. The lowest BCUT2D eigenvalue weighted by Gasteiger charge is -2.37. The summed E-state index contributed by atoms with van der Waals surface area (Å²) in [6.45, 7) is 3.87. The van der Waals surface area contributed by atoms with E-state index in [0.717, 1.165) is 0 Å². The van der Waals surface area contributed by atoms with Crippen LogP contribution in [0, 0.1) is 5.41 Å². The second-order valence-electron chi connectivity index (χ2n) is 8.60. The molecular formula is C23H20ClF3N2O2. The third kappa shape index (κ3) is 3.94. The Labute approximate surface area is 182 Å². The zero-order valence-corrected chi connectivity index (χ0v) is 17.6. The number of alkyl halides is 3. The van der Waals surface area contributed by atoms with E-state index in [0.29, 0.717) is 33.3 Å². The minimum absolute atomic E-state index is 0.0600. The Kier molecular flexibility index (Phi) is 5.12. The van der Waals surface area contributed by atoms with E-state index in [2.05, 4.69) is 5.32 Å². The SMILES string of the molecule is CC1(C)CC(=O)C2=C(C1)Nc1ccccc1N(C(=O)C(F)(F)F)[C@H]2c1ccc(Cl)cc1. The third-order valence-electron chi connectivity index (χ3n) is 5.55. The highest BCUT2D eigenvalue weighted by molar-refractivity contribution is 6.30. The first-order chi connectivity index (χ1) is 14.5. The number of amides is 1. The first-order valence-corrected chi connectivity index (χ1v) is 10.1. The highest BCUT2D eigenvalue weighted by Crippen LogP contribution is 2.49. The number of benzene rings is 2. The largest absolute Gasteiger partial charge is 0.471 e. The summed E-state index contributed by atoms with van der Waals surface area (Å²) in [5.74, 6) is -2.32. The highest BCUT2D eigenvalue weighted by Gasteiger charge is 2.50. The molecule has 1 aliphatic carbocycles. The van der Waals surface area contributed by atoms with Crippen LogP contribution < -0.4 is 10.2 Å². The number of fused-ring (bicyclic) bond motifs is 1. The van der Waals surface area contributed by atoms with Crippen LogP contribution in [0.15, 0.2) is 59.8 Å². The van der Waals surface area contributed by atoms with E-state index in [-0.39, 0.29) is 28.9 Å². The first kappa shape index (κ1) is 21.4. The molecule has 4 nitrogen and oxygen atoms in total. The van der Waals surface area contributed by atoms with Crippen molar-refractivity contribution in [2.75, 3.05) is 10.2 Å². The number of halogens is 4. The van der Waals surface area contributed by atoms with Crippen LogP contribution in [0.3, 0.4) is 0 Å². The van der Waals surface area contributed by atoms with Gasteiger partial charge in [-0.2, -0.15) is 13.2 Å². The Morgan fingerprint density at radius 1 is 1.10 bits per heavy atom. The molecule has 1 atom stereocenters. The summed E-state index contributed by atoms with van der Waals surface area (Å²) >= 11 is 5.99. The molecule has 0 saturated heterocycles. The molecule has 31 heavy (non-hydrogen) atoms. The normalized spacial score (nSPS) is 20.5. The molecule has 1 aliphatic heterocycles. The van der Waals surface area contributed by atoms with E-state index in [1.807, 2.05) is 13.8 Å². The third-order valence-corrected chi connectivity index (χ3v) is 5.80. The minimum Gasteiger partial charge on any atom is -0.357 e.